The van der Waals surface area contributed by atoms with E-state index in [4.69, 9.17) is 0 Å². The maximum atomic E-state index is 3.61. The molecule has 16 heavy (non-hydrogen) atoms. The molecule has 2 heterocycles. The van der Waals surface area contributed by atoms with E-state index in [9.17, 15) is 0 Å². The molecule has 2 N–H and O–H groups in total. The van der Waals surface area contributed by atoms with Crippen LogP contribution in [0, 0.1) is 11.3 Å². The molecule has 0 bridgehead atoms. The summed E-state index contributed by atoms with van der Waals surface area (Å²) < 4.78 is 0. The largest absolute Gasteiger partial charge is 0.317 e. The molecule has 2 aliphatic rings. The molecule has 3 rings (SSSR count). The van der Waals surface area contributed by atoms with E-state index < -0.39 is 0 Å². The second-order valence-corrected chi connectivity index (χ2v) is 6.06. The molecule has 0 aromatic carbocycles. The molecule has 88 valence electrons. The maximum Gasteiger partial charge on any atom is 0.0213 e. The van der Waals surface area contributed by atoms with Crippen LogP contribution in [-0.2, 0) is 6.54 Å². The lowest BCUT2D eigenvalue weighted by atomic mass is 9.92. The summed E-state index contributed by atoms with van der Waals surface area (Å²) in [6.45, 7) is 4.74. The van der Waals surface area contributed by atoms with Gasteiger partial charge in [-0.15, -0.1) is 0 Å². The van der Waals surface area contributed by atoms with Gasteiger partial charge in [0.25, 0.3) is 0 Å². The van der Waals surface area contributed by atoms with Gasteiger partial charge in [0.2, 0.25) is 0 Å². The Bertz CT molecular complexity index is 328. The lowest BCUT2D eigenvalue weighted by molar-refractivity contribution is 0.319. The highest BCUT2D eigenvalue weighted by molar-refractivity contribution is 7.07. The SMILES string of the molecule is c1cc(CNCC2CC23CCNCC3)cs1. The first-order valence-electron chi connectivity index (χ1n) is 6.32. The van der Waals surface area contributed by atoms with Crippen molar-refractivity contribution in [3.63, 3.8) is 0 Å². The lowest BCUT2D eigenvalue weighted by Gasteiger charge is -2.23. The van der Waals surface area contributed by atoms with Crippen molar-refractivity contribution < 1.29 is 0 Å². The smallest absolute Gasteiger partial charge is 0.0213 e. The summed E-state index contributed by atoms with van der Waals surface area (Å²) in [7, 11) is 0. The van der Waals surface area contributed by atoms with E-state index in [1.54, 1.807) is 11.3 Å². The molecular formula is C13H20N2S. The summed E-state index contributed by atoms with van der Waals surface area (Å²) >= 11 is 1.79. The predicted octanol–water partition coefficient (Wildman–Crippen LogP) is 2.23. The van der Waals surface area contributed by atoms with Crippen LogP contribution in [0.4, 0.5) is 0 Å². The van der Waals surface area contributed by atoms with Gasteiger partial charge in [0.15, 0.2) is 0 Å². The first-order valence-corrected chi connectivity index (χ1v) is 7.26. The molecule has 1 aromatic heterocycles. The van der Waals surface area contributed by atoms with E-state index in [2.05, 4.69) is 27.5 Å². The van der Waals surface area contributed by atoms with Gasteiger partial charge in [-0.3, -0.25) is 0 Å². The Kier molecular flexibility index (Phi) is 3.01. The van der Waals surface area contributed by atoms with Gasteiger partial charge >= 0.3 is 0 Å². The highest BCUT2D eigenvalue weighted by Crippen LogP contribution is 2.58. The summed E-state index contributed by atoms with van der Waals surface area (Å²) in [5.41, 5.74) is 2.16. The molecular weight excluding hydrogens is 216 g/mol. The van der Waals surface area contributed by atoms with Crippen molar-refractivity contribution in [3.05, 3.63) is 22.4 Å². The van der Waals surface area contributed by atoms with Crippen molar-refractivity contribution in [1.82, 2.24) is 10.6 Å². The van der Waals surface area contributed by atoms with E-state index >= 15 is 0 Å². The zero-order valence-electron chi connectivity index (χ0n) is 9.67. The highest BCUT2D eigenvalue weighted by atomic mass is 32.1. The van der Waals surface area contributed by atoms with E-state index in [0.717, 1.165) is 17.9 Å². The molecule has 1 aliphatic heterocycles. The molecule has 1 spiro atoms. The molecule has 1 aliphatic carbocycles. The standard InChI is InChI=1S/C13H20N2S/c1-6-16-10-11(1)8-15-9-12-7-13(12)2-4-14-5-3-13/h1,6,10,12,14-15H,2-5,7-9H2. The topological polar surface area (TPSA) is 24.1 Å². The highest BCUT2D eigenvalue weighted by Gasteiger charge is 2.52. The van der Waals surface area contributed by atoms with Crippen molar-refractivity contribution in [2.45, 2.75) is 25.8 Å². The Morgan fingerprint density at radius 1 is 1.44 bits per heavy atom. The molecule has 1 aromatic rings. The Morgan fingerprint density at radius 2 is 2.31 bits per heavy atom. The van der Waals surface area contributed by atoms with Crippen LogP contribution in [-0.4, -0.2) is 19.6 Å². The first-order chi connectivity index (χ1) is 7.89. The van der Waals surface area contributed by atoms with Gasteiger partial charge in [-0.25, -0.2) is 0 Å². The van der Waals surface area contributed by atoms with Crippen molar-refractivity contribution in [2.75, 3.05) is 19.6 Å². The number of rotatable bonds is 4. The Labute approximate surface area is 101 Å². The van der Waals surface area contributed by atoms with Gasteiger partial charge in [0.1, 0.15) is 0 Å². The summed E-state index contributed by atoms with van der Waals surface area (Å²) in [6, 6.07) is 2.21. The number of hydrogen-bond acceptors (Lipinski definition) is 3. The van der Waals surface area contributed by atoms with Crippen molar-refractivity contribution in [1.29, 1.82) is 0 Å². The monoisotopic (exact) mass is 236 g/mol. The summed E-state index contributed by atoms with van der Waals surface area (Å²) in [6.07, 6.45) is 4.26. The molecule has 1 saturated heterocycles. The molecule has 1 atom stereocenters. The van der Waals surface area contributed by atoms with Crippen LogP contribution in [0.3, 0.4) is 0 Å². The average Bonchev–Trinajstić information content (AvgIpc) is 2.78. The fourth-order valence-corrected chi connectivity index (χ4v) is 3.71. The Hall–Kier alpha value is -0.380. The van der Waals surface area contributed by atoms with Crippen LogP contribution in [0.15, 0.2) is 16.8 Å². The lowest BCUT2D eigenvalue weighted by Crippen LogP contribution is -2.31. The summed E-state index contributed by atoms with van der Waals surface area (Å²) in [5.74, 6) is 0.952. The Balaban J connectivity index is 1.41. The average molecular weight is 236 g/mol. The van der Waals surface area contributed by atoms with Crippen LogP contribution >= 0.6 is 11.3 Å². The van der Waals surface area contributed by atoms with Crippen LogP contribution < -0.4 is 10.6 Å². The third-order valence-corrected chi connectivity index (χ3v) is 4.99. The van der Waals surface area contributed by atoms with E-state index in [0.29, 0.717) is 0 Å². The summed E-state index contributed by atoms with van der Waals surface area (Å²) in [4.78, 5) is 0. The molecule has 1 saturated carbocycles. The predicted molar refractivity (Wildman–Crippen MR) is 68.7 cm³/mol. The number of nitrogens with one attached hydrogen (secondary N) is 2. The van der Waals surface area contributed by atoms with Crippen molar-refractivity contribution >= 4 is 11.3 Å². The van der Waals surface area contributed by atoms with Gasteiger partial charge in [-0.1, -0.05) is 0 Å². The quantitative estimate of drug-likeness (QED) is 0.837. The maximum absolute atomic E-state index is 3.61. The first kappa shape index (κ1) is 10.8. The second-order valence-electron chi connectivity index (χ2n) is 5.28. The van der Waals surface area contributed by atoms with Gasteiger partial charge in [-0.2, -0.15) is 11.3 Å². The minimum absolute atomic E-state index is 0.729. The number of hydrogen-bond donors (Lipinski definition) is 2. The van der Waals surface area contributed by atoms with E-state index in [-0.39, 0.29) is 0 Å². The van der Waals surface area contributed by atoms with Crippen LogP contribution in [0.2, 0.25) is 0 Å². The number of piperidine rings is 1. The minimum Gasteiger partial charge on any atom is -0.317 e. The van der Waals surface area contributed by atoms with Crippen molar-refractivity contribution in [2.24, 2.45) is 11.3 Å². The summed E-state index contributed by atoms with van der Waals surface area (Å²) in [5, 5.41) is 11.5. The van der Waals surface area contributed by atoms with Crippen LogP contribution in [0.25, 0.3) is 0 Å². The van der Waals surface area contributed by atoms with Crippen molar-refractivity contribution in [3.8, 4) is 0 Å². The number of thiophene rings is 1. The van der Waals surface area contributed by atoms with Gasteiger partial charge in [0, 0.05) is 6.54 Å². The zero-order valence-corrected chi connectivity index (χ0v) is 10.5. The third kappa shape index (κ3) is 2.17. The molecule has 0 radical (unpaired) electrons. The van der Waals surface area contributed by atoms with Crippen LogP contribution in [0.1, 0.15) is 24.8 Å². The second kappa shape index (κ2) is 4.47. The van der Waals surface area contributed by atoms with E-state index in [1.165, 1.54) is 44.5 Å². The Morgan fingerprint density at radius 3 is 3.06 bits per heavy atom. The normalized spacial score (nSPS) is 27.1. The minimum atomic E-state index is 0.729. The molecule has 2 nitrogen and oxygen atoms in total. The van der Waals surface area contributed by atoms with Gasteiger partial charge < -0.3 is 10.6 Å². The molecule has 1 unspecified atom stereocenters. The molecule has 2 fully saturated rings. The molecule has 0 amide bonds. The third-order valence-electron chi connectivity index (χ3n) is 4.26. The van der Waals surface area contributed by atoms with Crippen LogP contribution in [0.5, 0.6) is 0 Å². The zero-order chi connectivity index (χ0) is 10.8. The molecule has 3 heteroatoms. The van der Waals surface area contributed by atoms with Gasteiger partial charge in [0.05, 0.1) is 0 Å². The van der Waals surface area contributed by atoms with E-state index in [1.807, 2.05) is 0 Å². The fraction of sp³-hybridized carbons (Fsp3) is 0.692. The fourth-order valence-electron chi connectivity index (χ4n) is 3.04. The van der Waals surface area contributed by atoms with Gasteiger partial charge in [-0.05, 0) is 72.6 Å².